The fourth-order valence-electron chi connectivity index (χ4n) is 3.45. The van der Waals surface area contributed by atoms with E-state index in [1.54, 1.807) is 30.6 Å². The van der Waals surface area contributed by atoms with Crippen LogP contribution in [-0.4, -0.2) is 36.4 Å². The van der Waals surface area contributed by atoms with Gasteiger partial charge in [-0.25, -0.2) is 0 Å². The summed E-state index contributed by atoms with van der Waals surface area (Å²) in [6.07, 6.45) is 4.46. The molecule has 0 unspecified atom stereocenters. The van der Waals surface area contributed by atoms with Crippen molar-refractivity contribution in [3.05, 3.63) is 60.2 Å². The van der Waals surface area contributed by atoms with Crippen LogP contribution in [0.2, 0.25) is 0 Å². The molecule has 0 radical (unpaired) electrons. The van der Waals surface area contributed by atoms with Crippen LogP contribution in [0.4, 0.5) is 5.95 Å². The molecule has 0 spiro atoms. The molecule has 0 saturated heterocycles. The first-order valence-corrected chi connectivity index (χ1v) is 9.23. The summed E-state index contributed by atoms with van der Waals surface area (Å²) in [4.78, 5) is 10.6. The molecule has 0 N–H and O–H groups in total. The van der Waals surface area contributed by atoms with Crippen LogP contribution in [0.25, 0.3) is 22.8 Å². The third-order valence-corrected chi connectivity index (χ3v) is 4.81. The lowest BCUT2D eigenvalue weighted by Gasteiger charge is -2.27. The van der Waals surface area contributed by atoms with Gasteiger partial charge in [0.2, 0.25) is 17.7 Å². The van der Waals surface area contributed by atoms with Crippen LogP contribution in [0.3, 0.4) is 0 Å². The summed E-state index contributed by atoms with van der Waals surface area (Å²) in [5.41, 5.74) is 2.29. The molecule has 9 nitrogen and oxygen atoms in total. The first kappa shape index (κ1) is 17.1. The van der Waals surface area contributed by atoms with Crippen molar-refractivity contribution in [1.29, 1.82) is 5.26 Å². The predicted molar refractivity (Wildman–Crippen MR) is 103 cm³/mol. The number of hydrogen-bond acceptors (Lipinski definition) is 8. The Morgan fingerprint density at radius 3 is 2.83 bits per heavy atom. The normalized spacial score (nSPS) is 13.1. The molecule has 5 rings (SSSR count). The first-order valence-electron chi connectivity index (χ1n) is 9.23. The minimum atomic E-state index is 0.444. The number of anilines is 1. The summed E-state index contributed by atoms with van der Waals surface area (Å²) in [5, 5.41) is 21.9. The Labute approximate surface area is 166 Å². The number of pyridine rings is 1. The zero-order valence-electron chi connectivity index (χ0n) is 15.4. The fraction of sp³-hybridized carbons (Fsp3) is 0.200. The highest BCUT2D eigenvalue weighted by molar-refractivity contribution is 5.58. The summed E-state index contributed by atoms with van der Waals surface area (Å²) < 4.78 is 7.55. The predicted octanol–water partition coefficient (Wildman–Crippen LogP) is 2.67. The molecule has 1 aliphatic rings. The average Bonchev–Trinajstić information content (AvgIpc) is 3.42. The van der Waals surface area contributed by atoms with E-state index in [9.17, 15) is 0 Å². The van der Waals surface area contributed by atoms with Gasteiger partial charge in [0, 0.05) is 36.6 Å². The van der Waals surface area contributed by atoms with E-state index < -0.39 is 0 Å². The maximum atomic E-state index is 9.07. The molecule has 0 atom stereocenters. The van der Waals surface area contributed by atoms with Crippen LogP contribution in [-0.2, 0) is 13.1 Å². The number of nitriles is 1. The van der Waals surface area contributed by atoms with E-state index in [0.717, 1.165) is 42.4 Å². The Bertz CT molecular complexity index is 1190. The number of fused-ring (bicyclic) bond motifs is 1. The van der Waals surface area contributed by atoms with Gasteiger partial charge in [-0.3, -0.25) is 9.55 Å². The summed E-state index contributed by atoms with van der Waals surface area (Å²) >= 11 is 0. The van der Waals surface area contributed by atoms with Crippen molar-refractivity contribution in [2.75, 3.05) is 11.4 Å². The fourth-order valence-corrected chi connectivity index (χ4v) is 3.45. The van der Waals surface area contributed by atoms with Crippen LogP contribution >= 0.6 is 0 Å². The maximum Gasteiger partial charge on any atom is 0.246 e. The Morgan fingerprint density at radius 1 is 1.07 bits per heavy atom. The van der Waals surface area contributed by atoms with E-state index in [1.807, 2.05) is 18.2 Å². The van der Waals surface area contributed by atoms with E-state index in [4.69, 9.17) is 9.78 Å². The Hall–Kier alpha value is -4.06. The van der Waals surface area contributed by atoms with E-state index in [0.29, 0.717) is 23.8 Å². The summed E-state index contributed by atoms with van der Waals surface area (Å²) in [6, 6.07) is 13.1. The van der Waals surface area contributed by atoms with Crippen molar-refractivity contribution in [2.24, 2.45) is 0 Å². The highest BCUT2D eigenvalue weighted by atomic mass is 16.5. The molecule has 4 aromatic rings. The quantitative estimate of drug-likeness (QED) is 0.528. The van der Waals surface area contributed by atoms with Gasteiger partial charge in [-0.15, -0.1) is 10.2 Å². The lowest BCUT2D eigenvalue weighted by atomic mass is 10.1. The molecule has 3 aromatic heterocycles. The van der Waals surface area contributed by atoms with Crippen molar-refractivity contribution in [3.63, 3.8) is 0 Å². The first-order chi connectivity index (χ1) is 14.3. The number of nitrogens with zero attached hydrogens (tertiary/aromatic N) is 8. The van der Waals surface area contributed by atoms with Crippen LogP contribution in [0.15, 0.2) is 53.3 Å². The lowest BCUT2D eigenvalue weighted by molar-refractivity contribution is 0.372. The molecule has 4 heterocycles. The molecular weight excluding hydrogens is 368 g/mol. The van der Waals surface area contributed by atoms with Crippen LogP contribution in [0.1, 0.15) is 17.9 Å². The van der Waals surface area contributed by atoms with Crippen LogP contribution in [0, 0.1) is 11.3 Å². The van der Waals surface area contributed by atoms with E-state index in [-0.39, 0.29) is 0 Å². The molecule has 29 heavy (non-hydrogen) atoms. The Kier molecular flexibility index (Phi) is 4.22. The second kappa shape index (κ2) is 7.16. The molecule has 0 fully saturated rings. The monoisotopic (exact) mass is 384 g/mol. The van der Waals surface area contributed by atoms with Gasteiger partial charge in [0.25, 0.3) is 0 Å². The molecule has 1 aromatic carbocycles. The van der Waals surface area contributed by atoms with Crippen molar-refractivity contribution in [1.82, 2.24) is 29.9 Å². The molecule has 0 saturated carbocycles. The van der Waals surface area contributed by atoms with E-state index in [2.05, 4.69) is 40.9 Å². The lowest BCUT2D eigenvalue weighted by Crippen LogP contribution is -2.32. The topological polar surface area (TPSA) is 110 Å². The van der Waals surface area contributed by atoms with Crippen molar-refractivity contribution in [3.8, 4) is 28.8 Å². The minimum Gasteiger partial charge on any atom is -0.337 e. The molecule has 9 heteroatoms. The van der Waals surface area contributed by atoms with Gasteiger partial charge >= 0.3 is 0 Å². The minimum absolute atomic E-state index is 0.444. The standard InChI is InChI=1S/C20H16N8O/c21-12-14-3-1-4-16(11-14)18-23-17(29-26-18)13-27-9-2-10-28-19(24-25-20(27)28)15-5-7-22-8-6-15/h1,3-8,11H,2,9-10,13H2. The van der Waals surface area contributed by atoms with Gasteiger partial charge in [-0.05, 0) is 30.7 Å². The highest BCUT2D eigenvalue weighted by Gasteiger charge is 2.25. The number of benzene rings is 1. The van der Waals surface area contributed by atoms with Gasteiger partial charge in [0.1, 0.15) is 6.54 Å². The zero-order chi connectivity index (χ0) is 19.6. The van der Waals surface area contributed by atoms with Gasteiger partial charge in [-0.1, -0.05) is 17.3 Å². The summed E-state index contributed by atoms with van der Waals surface area (Å²) in [6.45, 7) is 2.13. The summed E-state index contributed by atoms with van der Waals surface area (Å²) in [5.74, 6) is 2.57. The molecule has 1 aliphatic heterocycles. The molecule has 0 amide bonds. The molecule has 0 bridgehead atoms. The highest BCUT2D eigenvalue weighted by Crippen LogP contribution is 2.27. The molecule has 142 valence electrons. The third kappa shape index (κ3) is 3.21. The number of rotatable bonds is 4. The van der Waals surface area contributed by atoms with Gasteiger partial charge < -0.3 is 9.42 Å². The van der Waals surface area contributed by atoms with Crippen molar-refractivity contribution >= 4 is 5.95 Å². The number of aromatic nitrogens is 6. The second-order valence-corrected chi connectivity index (χ2v) is 6.69. The summed E-state index contributed by atoms with van der Waals surface area (Å²) in [7, 11) is 0. The smallest absolute Gasteiger partial charge is 0.246 e. The molecular formula is C20H16N8O. The van der Waals surface area contributed by atoms with Gasteiger partial charge in [-0.2, -0.15) is 10.2 Å². The zero-order valence-corrected chi connectivity index (χ0v) is 15.4. The molecule has 0 aliphatic carbocycles. The largest absolute Gasteiger partial charge is 0.337 e. The van der Waals surface area contributed by atoms with Gasteiger partial charge in [0.15, 0.2) is 5.82 Å². The second-order valence-electron chi connectivity index (χ2n) is 6.69. The van der Waals surface area contributed by atoms with Crippen molar-refractivity contribution in [2.45, 2.75) is 19.5 Å². The Balaban J connectivity index is 1.40. The number of hydrogen-bond donors (Lipinski definition) is 0. The average molecular weight is 384 g/mol. The van der Waals surface area contributed by atoms with E-state index >= 15 is 0 Å². The third-order valence-electron chi connectivity index (χ3n) is 4.81. The Morgan fingerprint density at radius 2 is 1.97 bits per heavy atom. The van der Waals surface area contributed by atoms with Gasteiger partial charge in [0.05, 0.1) is 11.6 Å². The SMILES string of the molecule is N#Cc1cccc(-c2noc(CN3CCCn4c(-c5ccncc5)nnc43)n2)c1. The van der Waals surface area contributed by atoms with Crippen LogP contribution < -0.4 is 4.90 Å². The van der Waals surface area contributed by atoms with E-state index in [1.165, 1.54) is 0 Å². The van der Waals surface area contributed by atoms with Crippen molar-refractivity contribution < 1.29 is 4.52 Å². The van der Waals surface area contributed by atoms with Crippen LogP contribution in [0.5, 0.6) is 0 Å². The maximum absolute atomic E-state index is 9.07.